The molecule has 2 heteroatoms. The van der Waals surface area contributed by atoms with Crippen molar-refractivity contribution < 1.29 is 4.65 Å². The summed E-state index contributed by atoms with van der Waals surface area (Å²) in [5.74, 6) is 4.25. The minimum Gasteiger partial charge on any atom is -0.426 e. The van der Waals surface area contributed by atoms with Gasteiger partial charge in [0.1, 0.15) is 0 Å². The first-order valence-corrected chi connectivity index (χ1v) is 6.93. The number of fused-ring (bicyclic) bond motifs is 2. The summed E-state index contributed by atoms with van der Waals surface area (Å²) in [5, 5.41) is 0. The van der Waals surface area contributed by atoms with E-state index in [1.807, 2.05) is 6.08 Å². The van der Waals surface area contributed by atoms with Crippen molar-refractivity contribution >= 4 is 6.92 Å². The summed E-state index contributed by atoms with van der Waals surface area (Å²) in [4.78, 5) is 0. The van der Waals surface area contributed by atoms with Gasteiger partial charge in [0.05, 0.1) is 5.60 Å². The highest BCUT2D eigenvalue weighted by molar-refractivity contribution is 6.56. The molecule has 2 fully saturated rings. The minimum atomic E-state index is -0.329. The van der Waals surface area contributed by atoms with Gasteiger partial charge in [-0.15, -0.1) is 18.9 Å². The van der Waals surface area contributed by atoms with Crippen LogP contribution in [0.4, 0.5) is 0 Å². The molecule has 0 amide bonds. The first-order valence-electron chi connectivity index (χ1n) is 6.93. The van der Waals surface area contributed by atoms with Gasteiger partial charge in [0.15, 0.2) is 0 Å². The summed E-state index contributed by atoms with van der Waals surface area (Å²) in [5.41, 5.74) is -0.329. The van der Waals surface area contributed by atoms with Gasteiger partial charge < -0.3 is 4.65 Å². The largest absolute Gasteiger partial charge is 0.426 e. The summed E-state index contributed by atoms with van der Waals surface area (Å²) in [6.07, 6.45) is 16.1. The third-order valence-electron chi connectivity index (χ3n) is 4.52. The highest BCUT2D eigenvalue weighted by Gasteiger charge is 2.43. The van der Waals surface area contributed by atoms with Gasteiger partial charge in [0.2, 0.25) is 0 Å². The summed E-state index contributed by atoms with van der Waals surface area (Å²) in [6.45, 7) is 6.39. The summed E-state index contributed by atoms with van der Waals surface area (Å²) >= 11 is 0. The van der Waals surface area contributed by atoms with E-state index in [9.17, 15) is 0 Å². The lowest BCUT2D eigenvalue weighted by Crippen LogP contribution is -2.43. The molecule has 0 N–H and O–H groups in total. The van der Waals surface area contributed by atoms with E-state index < -0.39 is 0 Å². The number of terminal acetylenes is 1. The zero-order valence-corrected chi connectivity index (χ0v) is 11.0. The van der Waals surface area contributed by atoms with E-state index in [0.717, 1.165) is 11.6 Å². The Labute approximate surface area is 106 Å². The molecule has 0 aromatic rings. The first kappa shape index (κ1) is 12.8. The van der Waals surface area contributed by atoms with Gasteiger partial charge >= 0.3 is 6.92 Å². The topological polar surface area (TPSA) is 9.23 Å². The van der Waals surface area contributed by atoms with Crippen molar-refractivity contribution in [1.82, 2.24) is 0 Å². The van der Waals surface area contributed by atoms with Crippen LogP contribution in [0.1, 0.15) is 51.9 Å². The van der Waals surface area contributed by atoms with Gasteiger partial charge in [0.25, 0.3) is 0 Å². The van der Waals surface area contributed by atoms with Gasteiger partial charge in [-0.05, 0) is 18.6 Å². The predicted octanol–water partition coefficient (Wildman–Crippen LogP) is 4.07. The van der Waals surface area contributed by atoms with Crippen molar-refractivity contribution in [3.8, 4) is 12.3 Å². The second-order valence-electron chi connectivity index (χ2n) is 5.86. The molecule has 2 aliphatic rings. The van der Waals surface area contributed by atoms with Crippen LogP contribution in [0.25, 0.3) is 0 Å². The Morgan fingerprint density at radius 3 is 2.29 bits per heavy atom. The number of rotatable bonds is 4. The summed E-state index contributed by atoms with van der Waals surface area (Å²) in [6, 6.07) is 0. The van der Waals surface area contributed by atoms with Gasteiger partial charge in [0, 0.05) is 6.42 Å². The Morgan fingerprint density at radius 2 is 1.88 bits per heavy atom. The molecule has 2 rings (SSSR count). The fourth-order valence-corrected chi connectivity index (χ4v) is 3.48. The van der Waals surface area contributed by atoms with Crippen molar-refractivity contribution in [3.05, 3.63) is 12.7 Å². The second kappa shape index (κ2) is 5.31. The predicted molar refractivity (Wildman–Crippen MR) is 74.1 cm³/mol. The average molecular weight is 230 g/mol. The van der Waals surface area contributed by atoms with E-state index in [2.05, 4.69) is 19.4 Å². The van der Waals surface area contributed by atoms with E-state index in [4.69, 9.17) is 11.1 Å². The van der Waals surface area contributed by atoms with Crippen molar-refractivity contribution in [3.63, 3.8) is 0 Å². The van der Waals surface area contributed by atoms with Crippen LogP contribution < -0.4 is 0 Å². The Morgan fingerprint density at radius 1 is 1.35 bits per heavy atom. The third-order valence-corrected chi connectivity index (χ3v) is 4.52. The monoisotopic (exact) mass is 230 g/mol. The molecule has 2 heterocycles. The van der Waals surface area contributed by atoms with Crippen LogP contribution >= 0.6 is 0 Å². The van der Waals surface area contributed by atoms with E-state index in [-0.39, 0.29) is 5.60 Å². The van der Waals surface area contributed by atoms with E-state index in [1.54, 1.807) is 0 Å². The maximum absolute atomic E-state index is 6.37. The molecule has 0 aliphatic carbocycles. The zero-order chi connectivity index (χ0) is 12.3. The highest BCUT2D eigenvalue weighted by Crippen LogP contribution is 2.48. The first-order chi connectivity index (χ1) is 8.18. The van der Waals surface area contributed by atoms with E-state index in [0.29, 0.717) is 13.3 Å². The molecule has 0 spiro atoms. The van der Waals surface area contributed by atoms with Crippen LogP contribution in [-0.2, 0) is 4.65 Å². The van der Waals surface area contributed by atoms with Gasteiger partial charge in [-0.2, -0.15) is 0 Å². The molecular formula is C15H23BO. The molecule has 2 aliphatic heterocycles. The lowest BCUT2D eigenvalue weighted by Gasteiger charge is -2.43. The van der Waals surface area contributed by atoms with Crippen molar-refractivity contribution in [2.45, 2.75) is 69.1 Å². The fourth-order valence-electron chi connectivity index (χ4n) is 3.48. The quantitative estimate of drug-likeness (QED) is 0.402. The highest BCUT2D eigenvalue weighted by atomic mass is 16.5. The Kier molecular flexibility index (Phi) is 3.99. The van der Waals surface area contributed by atoms with Crippen molar-refractivity contribution in [2.75, 3.05) is 0 Å². The van der Waals surface area contributed by atoms with Gasteiger partial charge in [-0.25, -0.2) is 0 Å². The smallest absolute Gasteiger partial charge is 0.300 e. The van der Waals surface area contributed by atoms with Gasteiger partial charge in [-0.1, -0.05) is 44.6 Å². The maximum atomic E-state index is 6.37. The molecule has 0 radical (unpaired) electrons. The normalized spacial score (nSPS) is 31.4. The lowest BCUT2D eigenvalue weighted by molar-refractivity contribution is 0.126. The number of hydrogen-bond donors (Lipinski definition) is 0. The molecule has 2 bridgehead atoms. The maximum Gasteiger partial charge on any atom is 0.300 e. The van der Waals surface area contributed by atoms with Crippen LogP contribution in [-0.4, -0.2) is 12.5 Å². The molecule has 2 saturated heterocycles. The Balaban J connectivity index is 2.06. The Bertz CT molecular complexity index is 297. The average Bonchev–Trinajstić information content (AvgIpc) is 2.29. The molecule has 1 unspecified atom stereocenters. The standard InChI is InChI=1S/C15H23BO/c1-4-12-15(3,5-2)17-16-13-8-6-9-14(16)11-7-10-13/h1,5,13-14H,2,6-12H2,3H3. The van der Waals surface area contributed by atoms with Crippen LogP contribution in [0.15, 0.2) is 12.7 Å². The zero-order valence-electron chi connectivity index (χ0n) is 11.0. The van der Waals surface area contributed by atoms with Crippen LogP contribution in [0.5, 0.6) is 0 Å². The molecule has 0 saturated carbocycles. The van der Waals surface area contributed by atoms with E-state index in [1.165, 1.54) is 38.5 Å². The molecule has 1 nitrogen and oxygen atoms in total. The molecule has 1 atom stereocenters. The van der Waals surface area contributed by atoms with Crippen molar-refractivity contribution in [2.24, 2.45) is 0 Å². The van der Waals surface area contributed by atoms with E-state index >= 15 is 0 Å². The van der Waals surface area contributed by atoms with Crippen molar-refractivity contribution in [1.29, 1.82) is 0 Å². The van der Waals surface area contributed by atoms with Crippen LogP contribution in [0.3, 0.4) is 0 Å². The SMILES string of the molecule is C#CCC(C)(C=C)OB1C2CCCC1CCC2. The fraction of sp³-hybridized carbons (Fsp3) is 0.733. The third kappa shape index (κ3) is 2.77. The molecule has 0 aromatic carbocycles. The summed E-state index contributed by atoms with van der Waals surface area (Å²) < 4.78 is 6.37. The molecule has 92 valence electrons. The number of hydrogen-bond acceptors (Lipinski definition) is 1. The van der Waals surface area contributed by atoms with Crippen LogP contribution in [0.2, 0.25) is 11.6 Å². The summed E-state index contributed by atoms with van der Waals surface area (Å²) in [7, 11) is 0. The minimum absolute atomic E-state index is 0.329. The molecular weight excluding hydrogens is 207 g/mol. The Hall–Kier alpha value is -0.675. The second-order valence-corrected chi connectivity index (χ2v) is 5.86. The molecule has 17 heavy (non-hydrogen) atoms. The molecule has 0 aromatic heterocycles. The lowest BCUT2D eigenvalue weighted by atomic mass is 9.37. The van der Waals surface area contributed by atoms with Crippen LogP contribution in [0, 0.1) is 12.3 Å². The van der Waals surface area contributed by atoms with Gasteiger partial charge in [-0.3, -0.25) is 0 Å².